The number of hydrogen-bond donors (Lipinski definition) is 0. The molecule has 0 saturated carbocycles. The van der Waals surface area contributed by atoms with Crippen molar-refractivity contribution in [1.82, 2.24) is 34.1 Å². The third-order valence-corrected chi connectivity index (χ3v) is 7.91. The summed E-state index contributed by atoms with van der Waals surface area (Å²) in [5.74, 6) is 0.771. The van der Waals surface area contributed by atoms with E-state index in [4.69, 9.17) is 19.9 Å². The minimum atomic E-state index is -0.479. The molecule has 0 saturated heterocycles. The van der Waals surface area contributed by atoms with Gasteiger partial charge in [-0.05, 0) is 73.5 Å². The fourth-order valence-corrected chi connectivity index (χ4v) is 5.75. The van der Waals surface area contributed by atoms with E-state index >= 15 is 0 Å². The van der Waals surface area contributed by atoms with Crippen molar-refractivity contribution in [3.8, 4) is 16.9 Å². The number of fused-ring (bicyclic) bond motifs is 8. The summed E-state index contributed by atoms with van der Waals surface area (Å²) in [6.07, 6.45) is 5.53. The molecule has 8 heteroatoms. The molecule has 8 aromatic rings. The summed E-state index contributed by atoms with van der Waals surface area (Å²) in [6.45, 7) is 4.32. The Morgan fingerprint density at radius 3 is 2.29 bits per heavy atom. The van der Waals surface area contributed by atoms with Crippen molar-refractivity contribution >= 4 is 38.6 Å². The number of benzene rings is 2. The van der Waals surface area contributed by atoms with E-state index in [-0.39, 0.29) is 21.1 Å². The molecule has 0 aliphatic carbocycles. The second kappa shape index (κ2) is 9.96. The van der Waals surface area contributed by atoms with Crippen LogP contribution in [-0.2, 0) is 26.5 Å². The van der Waals surface area contributed by atoms with Crippen molar-refractivity contribution < 1.29 is 21.1 Å². The molecule has 0 radical (unpaired) electrons. The van der Waals surface area contributed by atoms with Crippen LogP contribution in [0.2, 0.25) is 0 Å². The van der Waals surface area contributed by atoms with E-state index in [1.54, 1.807) is 10.9 Å². The Morgan fingerprint density at radius 2 is 1.45 bits per heavy atom. The SMILES string of the molecule is CC(C)(c1cccc(-n2cccn2)n1)c1ccc2c(n1)c1nccc(-c3ccccc3)c1c1nc3ccccc3n21.[Pt]. The van der Waals surface area contributed by atoms with E-state index in [1.807, 2.05) is 42.7 Å². The molecule has 0 N–H and O–H groups in total. The fourth-order valence-electron chi connectivity index (χ4n) is 5.75. The van der Waals surface area contributed by atoms with E-state index in [9.17, 15) is 0 Å². The molecule has 42 heavy (non-hydrogen) atoms. The van der Waals surface area contributed by atoms with Crippen molar-refractivity contribution in [3.63, 3.8) is 0 Å². The maximum absolute atomic E-state index is 5.34. The molecule has 8 rings (SSSR count). The number of imidazole rings is 1. The molecule has 6 aromatic heterocycles. The standard InChI is InChI=1S/C34H25N7.Pt/c1-34(2,27-14-8-15-29(38-27)40-21-9-19-36-40)28-17-16-26-31(39-28)32-30(23(18-20-35-32)22-10-4-3-5-11-22)33-37-24-12-6-7-13-25(24)41(26)33;/h3-21H,1-2H3;. The van der Waals surface area contributed by atoms with Crippen LogP contribution in [0.5, 0.6) is 0 Å². The monoisotopic (exact) mass is 726 g/mol. The molecule has 0 amide bonds. The largest absolute Gasteiger partial charge is 0.290 e. The molecule has 0 bridgehead atoms. The van der Waals surface area contributed by atoms with Gasteiger partial charge in [-0.15, -0.1) is 0 Å². The van der Waals surface area contributed by atoms with Crippen molar-refractivity contribution in [1.29, 1.82) is 0 Å². The first-order chi connectivity index (χ1) is 20.1. The molecule has 6 heterocycles. The molecular formula is C34H25N7Pt. The zero-order valence-corrected chi connectivity index (χ0v) is 25.2. The molecule has 2 aromatic carbocycles. The predicted octanol–water partition coefficient (Wildman–Crippen LogP) is 7.16. The Hall–Kier alpha value is -4.74. The van der Waals surface area contributed by atoms with Gasteiger partial charge in [-0.3, -0.25) is 9.38 Å². The summed E-state index contributed by atoms with van der Waals surface area (Å²) in [5, 5.41) is 5.35. The van der Waals surface area contributed by atoms with Crippen LogP contribution in [0.15, 0.2) is 116 Å². The van der Waals surface area contributed by atoms with Gasteiger partial charge >= 0.3 is 0 Å². The quantitative estimate of drug-likeness (QED) is 0.180. The minimum absolute atomic E-state index is 0. The molecule has 206 valence electrons. The van der Waals surface area contributed by atoms with Gasteiger partial charge in [-0.25, -0.2) is 19.6 Å². The van der Waals surface area contributed by atoms with Crippen LogP contribution in [0.1, 0.15) is 25.2 Å². The van der Waals surface area contributed by atoms with Crippen LogP contribution < -0.4 is 0 Å². The maximum atomic E-state index is 5.34. The number of nitrogens with zero attached hydrogens (tertiary/aromatic N) is 7. The van der Waals surface area contributed by atoms with Crippen molar-refractivity contribution in [2.24, 2.45) is 0 Å². The minimum Gasteiger partial charge on any atom is -0.290 e. The first-order valence-electron chi connectivity index (χ1n) is 13.6. The topological polar surface area (TPSA) is 73.8 Å². The molecule has 0 unspecified atom stereocenters. The van der Waals surface area contributed by atoms with Gasteiger partial charge in [-0.1, -0.05) is 48.5 Å². The Kier molecular flexibility index (Phi) is 6.21. The van der Waals surface area contributed by atoms with Gasteiger partial charge in [0.15, 0.2) is 5.82 Å². The molecular weight excluding hydrogens is 702 g/mol. The summed E-state index contributed by atoms with van der Waals surface area (Å²) in [4.78, 5) is 20.3. The smallest absolute Gasteiger partial charge is 0.153 e. The van der Waals surface area contributed by atoms with Crippen molar-refractivity contribution in [2.45, 2.75) is 19.3 Å². The van der Waals surface area contributed by atoms with Crippen molar-refractivity contribution in [2.75, 3.05) is 0 Å². The molecule has 0 fully saturated rings. The summed E-state index contributed by atoms with van der Waals surface area (Å²) in [7, 11) is 0. The number of hydrogen-bond acceptors (Lipinski definition) is 5. The van der Waals surface area contributed by atoms with Gasteiger partial charge in [0.25, 0.3) is 0 Å². The Morgan fingerprint density at radius 1 is 0.643 bits per heavy atom. The predicted molar refractivity (Wildman–Crippen MR) is 162 cm³/mol. The zero-order chi connectivity index (χ0) is 27.6. The number of para-hydroxylation sites is 2. The van der Waals surface area contributed by atoms with Crippen LogP contribution in [0.25, 0.3) is 55.6 Å². The summed E-state index contributed by atoms with van der Waals surface area (Å²) in [5.41, 5.74) is 9.03. The maximum Gasteiger partial charge on any atom is 0.153 e. The third-order valence-electron chi connectivity index (χ3n) is 7.91. The van der Waals surface area contributed by atoms with Gasteiger partial charge in [0.2, 0.25) is 0 Å². The summed E-state index contributed by atoms with van der Waals surface area (Å²) >= 11 is 0. The third kappa shape index (κ3) is 3.96. The molecule has 0 aliphatic heterocycles. The first-order valence-corrected chi connectivity index (χ1v) is 13.6. The number of aromatic nitrogens is 7. The molecule has 0 aliphatic rings. The van der Waals surface area contributed by atoms with Gasteiger partial charge in [0.05, 0.1) is 33.3 Å². The molecule has 0 spiro atoms. The van der Waals surface area contributed by atoms with Crippen LogP contribution in [0, 0.1) is 0 Å². The van der Waals surface area contributed by atoms with Crippen LogP contribution in [0.3, 0.4) is 0 Å². The van der Waals surface area contributed by atoms with Gasteiger partial charge in [-0.2, -0.15) is 5.10 Å². The molecule has 0 atom stereocenters. The summed E-state index contributed by atoms with van der Waals surface area (Å²) < 4.78 is 4.00. The summed E-state index contributed by atoms with van der Waals surface area (Å²) in [6, 6.07) is 32.9. The van der Waals surface area contributed by atoms with Gasteiger partial charge < -0.3 is 0 Å². The Bertz CT molecular complexity index is 2240. The number of pyridine rings is 4. The van der Waals surface area contributed by atoms with E-state index in [2.05, 4.69) is 90.1 Å². The van der Waals surface area contributed by atoms with Gasteiger partial charge in [0, 0.05) is 45.1 Å². The average Bonchev–Trinajstić information content (AvgIpc) is 3.70. The van der Waals surface area contributed by atoms with E-state index in [0.717, 1.165) is 66.9 Å². The van der Waals surface area contributed by atoms with E-state index in [0.29, 0.717) is 0 Å². The Labute approximate surface area is 256 Å². The van der Waals surface area contributed by atoms with Crippen molar-refractivity contribution in [3.05, 3.63) is 127 Å². The number of rotatable bonds is 4. The van der Waals surface area contributed by atoms with E-state index < -0.39 is 5.41 Å². The van der Waals surface area contributed by atoms with E-state index in [1.165, 1.54) is 0 Å². The first kappa shape index (κ1) is 26.2. The van der Waals surface area contributed by atoms with Crippen LogP contribution in [-0.4, -0.2) is 34.1 Å². The Balaban J connectivity index is 0.00000288. The normalized spacial score (nSPS) is 11.9. The van der Waals surface area contributed by atoms with Crippen LogP contribution in [0.4, 0.5) is 0 Å². The fraction of sp³-hybridized carbons (Fsp3) is 0.0882. The second-order valence-corrected chi connectivity index (χ2v) is 10.7. The average molecular weight is 727 g/mol. The van der Waals surface area contributed by atoms with Crippen LogP contribution >= 0.6 is 0 Å². The zero-order valence-electron chi connectivity index (χ0n) is 22.9. The second-order valence-electron chi connectivity index (χ2n) is 10.7. The van der Waals surface area contributed by atoms with Gasteiger partial charge in [0.1, 0.15) is 16.7 Å². The molecule has 7 nitrogen and oxygen atoms in total.